The molecule has 1 aliphatic rings. The summed E-state index contributed by atoms with van der Waals surface area (Å²) in [5.74, 6) is 0. The van der Waals surface area contributed by atoms with Crippen molar-refractivity contribution in [3.63, 3.8) is 0 Å². The molecule has 0 atom stereocenters. The van der Waals surface area contributed by atoms with Gasteiger partial charge in [-0.2, -0.15) is 0 Å². The Morgan fingerprint density at radius 1 is 1.00 bits per heavy atom. The SMILES string of the molecule is O=C1N(O)C(=O)N1O. The van der Waals surface area contributed by atoms with Crippen LogP contribution in [-0.4, -0.2) is 32.6 Å². The lowest BCUT2D eigenvalue weighted by atomic mass is 10.7. The zero-order valence-corrected chi connectivity index (χ0v) is 3.61. The Hall–Kier alpha value is -1.14. The van der Waals surface area contributed by atoms with Crippen molar-refractivity contribution >= 4 is 12.1 Å². The van der Waals surface area contributed by atoms with Gasteiger partial charge < -0.3 is 0 Å². The van der Waals surface area contributed by atoms with E-state index >= 15 is 0 Å². The molecule has 0 aliphatic carbocycles. The van der Waals surface area contributed by atoms with Gasteiger partial charge in [-0.3, -0.25) is 10.4 Å². The van der Waals surface area contributed by atoms with Crippen molar-refractivity contribution in [3.8, 4) is 0 Å². The Morgan fingerprint density at radius 2 is 1.25 bits per heavy atom. The minimum atomic E-state index is -1.13. The number of urea groups is 2. The van der Waals surface area contributed by atoms with Gasteiger partial charge in [0.1, 0.15) is 0 Å². The summed E-state index contributed by atoms with van der Waals surface area (Å²) in [7, 11) is 0. The molecule has 1 saturated heterocycles. The maximum Gasteiger partial charge on any atom is 0.385 e. The second-order valence-electron chi connectivity index (χ2n) is 1.19. The van der Waals surface area contributed by atoms with E-state index in [1.54, 1.807) is 0 Å². The van der Waals surface area contributed by atoms with Gasteiger partial charge in [-0.1, -0.05) is 0 Å². The Kier molecular flexibility index (Phi) is 0.734. The summed E-state index contributed by atoms with van der Waals surface area (Å²) in [6, 6.07) is -2.26. The predicted molar refractivity (Wildman–Crippen MR) is 18.0 cm³/mol. The van der Waals surface area contributed by atoms with Crippen LogP contribution in [0.4, 0.5) is 9.59 Å². The first-order valence-corrected chi connectivity index (χ1v) is 1.70. The summed E-state index contributed by atoms with van der Waals surface area (Å²) in [5.41, 5.74) is 0. The molecule has 0 radical (unpaired) electrons. The molecule has 0 aromatic carbocycles. The van der Waals surface area contributed by atoms with Crippen LogP contribution in [0.1, 0.15) is 0 Å². The zero-order valence-electron chi connectivity index (χ0n) is 3.61. The predicted octanol–water partition coefficient (Wildman–Crippen LogP) is -0.378. The van der Waals surface area contributed by atoms with Gasteiger partial charge in [0.15, 0.2) is 0 Å². The summed E-state index contributed by atoms with van der Waals surface area (Å²) >= 11 is 0. The van der Waals surface area contributed by atoms with E-state index < -0.39 is 12.1 Å². The van der Waals surface area contributed by atoms with E-state index in [9.17, 15) is 9.59 Å². The Bertz CT molecular complexity index is 124. The number of nitrogens with zero attached hydrogens (tertiary/aromatic N) is 2. The van der Waals surface area contributed by atoms with Crippen molar-refractivity contribution in [2.24, 2.45) is 0 Å². The average molecular weight is 118 g/mol. The van der Waals surface area contributed by atoms with Gasteiger partial charge in [0.05, 0.1) is 0 Å². The third-order valence-electron chi connectivity index (χ3n) is 0.725. The quantitative estimate of drug-likeness (QED) is 0.425. The second-order valence-corrected chi connectivity index (χ2v) is 1.19. The van der Waals surface area contributed by atoms with Gasteiger partial charge in [-0.25, -0.2) is 9.59 Å². The number of hydroxylamine groups is 4. The van der Waals surface area contributed by atoms with Gasteiger partial charge in [-0.05, 0) is 0 Å². The highest BCUT2D eigenvalue weighted by Crippen LogP contribution is 2.07. The topological polar surface area (TPSA) is 81.1 Å². The first-order valence-electron chi connectivity index (χ1n) is 1.70. The van der Waals surface area contributed by atoms with Crippen LogP contribution >= 0.6 is 0 Å². The van der Waals surface area contributed by atoms with Crippen LogP contribution in [0.2, 0.25) is 0 Å². The fourth-order valence-electron chi connectivity index (χ4n) is 0.298. The van der Waals surface area contributed by atoms with E-state index in [2.05, 4.69) is 0 Å². The van der Waals surface area contributed by atoms with E-state index in [4.69, 9.17) is 10.4 Å². The molecule has 2 N–H and O–H groups in total. The minimum absolute atomic E-state index is 0.194. The molecule has 6 heteroatoms. The number of carbonyl (C=O) groups is 2. The molecule has 0 spiro atoms. The van der Waals surface area contributed by atoms with E-state index in [-0.39, 0.29) is 10.1 Å². The lowest BCUT2D eigenvalue weighted by molar-refractivity contribution is -0.143. The van der Waals surface area contributed by atoms with E-state index in [1.807, 2.05) is 0 Å². The monoisotopic (exact) mass is 118 g/mol. The summed E-state index contributed by atoms with van der Waals surface area (Å²) in [6.45, 7) is 0. The second kappa shape index (κ2) is 1.17. The molecule has 44 valence electrons. The fraction of sp³-hybridized carbons (Fsp3) is 0. The summed E-state index contributed by atoms with van der Waals surface area (Å²) in [4.78, 5) is 19.8. The Labute approximate surface area is 43.4 Å². The van der Waals surface area contributed by atoms with Gasteiger partial charge in [-0.15, -0.1) is 10.1 Å². The lowest BCUT2D eigenvalue weighted by Crippen LogP contribution is -2.60. The van der Waals surface area contributed by atoms with Gasteiger partial charge in [0, 0.05) is 0 Å². The van der Waals surface area contributed by atoms with Gasteiger partial charge >= 0.3 is 12.1 Å². The van der Waals surface area contributed by atoms with Crippen molar-refractivity contribution in [2.75, 3.05) is 0 Å². The maximum absolute atomic E-state index is 9.90. The molecule has 8 heavy (non-hydrogen) atoms. The van der Waals surface area contributed by atoms with Crippen molar-refractivity contribution < 1.29 is 20.0 Å². The third-order valence-corrected chi connectivity index (χ3v) is 0.725. The molecule has 1 fully saturated rings. The number of hydrogen-bond donors (Lipinski definition) is 2. The molecule has 0 unspecified atom stereocenters. The molecule has 0 bridgehead atoms. The first kappa shape index (κ1) is 5.01. The van der Waals surface area contributed by atoms with E-state index in [1.165, 1.54) is 0 Å². The molecular formula is C2H2N2O4. The molecule has 0 aromatic rings. The van der Waals surface area contributed by atoms with E-state index in [0.29, 0.717) is 0 Å². The summed E-state index contributed by atoms with van der Waals surface area (Å²) < 4.78 is 0. The number of carbonyl (C=O) groups excluding carboxylic acids is 2. The van der Waals surface area contributed by atoms with Gasteiger partial charge in [0.2, 0.25) is 0 Å². The van der Waals surface area contributed by atoms with Crippen LogP contribution in [0.25, 0.3) is 0 Å². The van der Waals surface area contributed by atoms with Crippen LogP contribution in [0.3, 0.4) is 0 Å². The Morgan fingerprint density at radius 3 is 1.38 bits per heavy atom. The zero-order chi connectivity index (χ0) is 6.31. The molecule has 4 amide bonds. The van der Waals surface area contributed by atoms with Crippen LogP contribution in [0.5, 0.6) is 0 Å². The summed E-state index contributed by atoms with van der Waals surface area (Å²) in [6.07, 6.45) is 0. The molecule has 1 heterocycles. The minimum Gasteiger partial charge on any atom is -0.276 e. The molecule has 1 aliphatic heterocycles. The van der Waals surface area contributed by atoms with Crippen molar-refractivity contribution in [2.45, 2.75) is 0 Å². The number of rotatable bonds is 0. The summed E-state index contributed by atoms with van der Waals surface area (Å²) in [5, 5.41) is 15.8. The van der Waals surface area contributed by atoms with Gasteiger partial charge in [0.25, 0.3) is 0 Å². The number of hydrogen-bond acceptors (Lipinski definition) is 4. The van der Waals surface area contributed by atoms with Crippen LogP contribution in [-0.2, 0) is 0 Å². The van der Waals surface area contributed by atoms with Crippen molar-refractivity contribution in [3.05, 3.63) is 0 Å². The molecular weight excluding hydrogens is 116 g/mol. The molecule has 0 saturated carbocycles. The largest absolute Gasteiger partial charge is 0.385 e. The third kappa shape index (κ3) is 0.328. The molecule has 6 nitrogen and oxygen atoms in total. The Balaban J connectivity index is 2.68. The maximum atomic E-state index is 9.90. The average Bonchev–Trinajstić information content (AvgIpc) is 1.83. The number of amides is 4. The van der Waals surface area contributed by atoms with Crippen LogP contribution in [0.15, 0.2) is 0 Å². The highest BCUT2D eigenvalue weighted by molar-refractivity contribution is 6.08. The normalized spacial score (nSPS) is 19.2. The van der Waals surface area contributed by atoms with Crippen molar-refractivity contribution in [1.82, 2.24) is 10.1 Å². The van der Waals surface area contributed by atoms with Crippen LogP contribution < -0.4 is 0 Å². The smallest absolute Gasteiger partial charge is 0.276 e. The van der Waals surface area contributed by atoms with Crippen molar-refractivity contribution in [1.29, 1.82) is 0 Å². The number of imide groups is 2. The van der Waals surface area contributed by atoms with Crippen LogP contribution in [0, 0.1) is 0 Å². The highest BCUT2D eigenvalue weighted by Gasteiger charge is 2.42. The first-order chi connectivity index (χ1) is 3.64. The fourth-order valence-corrected chi connectivity index (χ4v) is 0.298. The lowest BCUT2D eigenvalue weighted by Gasteiger charge is -2.27. The highest BCUT2D eigenvalue weighted by atomic mass is 16.6. The van der Waals surface area contributed by atoms with E-state index in [0.717, 1.165) is 0 Å². The standard InChI is InChI=1S/C2H2N2O4/c5-1-3(7)2(6)4(1)8/h7-8H. The molecule has 0 aromatic heterocycles. The molecule has 1 rings (SSSR count).